The van der Waals surface area contributed by atoms with Crippen LogP contribution in [0.3, 0.4) is 0 Å². The highest BCUT2D eigenvalue weighted by Gasteiger charge is 2.06. The fourth-order valence-electron chi connectivity index (χ4n) is 0.891. The van der Waals surface area contributed by atoms with Crippen LogP contribution in [0.4, 0.5) is 8.78 Å². The van der Waals surface area contributed by atoms with Crippen LogP contribution in [0.15, 0.2) is 22.7 Å². The Morgan fingerprint density at radius 1 is 1.15 bits per heavy atom. The van der Waals surface area contributed by atoms with E-state index in [1.165, 1.54) is 12.1 Å². The molecule has 0 aliphatic carbocycles. The molecule has 0 spiro atoms. The zero-order chi connectivity index (χ0) is 10.4. The van der Waals surface area contributed by atoms with Crippen LogP contribution >= 0.6 is 15.9 Å². The average Bonchev–Trinajstić information content (AvgIpc) is 2.06. The molecule has 0 bridgehead atoms. The van der Waals surface area contributed by atoms with E-state index in [4.69, 9.17) is 0 Å². The Morgan fingerprint density at radius 2 is 1.69 bits per heavy atom. The van der Waals surface area contributed by atoms with E-state index in [0.717, 1.165) is 5.56 Å². The second kappa shape index (κ2) is 6.08. The predicted octanol–water partition coefficient (Wildman–Crippen LogP) is 4.72. The molecular weight excluding hydrogens is 238 g/mol. The summed E-state index contributed by atoms with van der Waals surface area (Å²) in [6, 6.07) is 4.71. The second-order valence-corrected chi connectivity index (χ2v) is 3.28. The molecule has 0 heterocycles. The third kappa shape index (κ3) is 4.36. The fraction of sp³-hybridized carbons (Fsp3) is 0.400. The smallest absolute Gasteiger partial charge is 0.205 e. The van der Waals surface area contributed by atoms with E-state index in [9.17, 15) is 8.78 Å². The van der Waals surface area contributed by atoms with Gasteiger partial charge in [0.05, 0.1) is 0 Å². The van der Waals surface area contributed by atoms with Crippen molar-refractivity contribution in [2.45, 2.75) is 27.2 Å². The van der Waals surface area contributed by atoms with Gasteiger partial charge in [0.2, 0.25) is 0 Å². The van der Waals surface area contributed by atoms with Gasteiger partial charge in [0.25, 0.3) is 6.43 Å². The summed E-state index contributed by atoms with van der Waals surface area (Å²) < 4.78 is 24.9. The van der Waals surface area contributed by atoms with Crippen LogP contribution in [-0.2, 0) is 0 Å². The van der Waals surface area contributed by atoms with Gasteiger partial charge in [0.15, 0.2) is 0 Å². The van der Waals surface area contributed by atoms with Crippen LogP contribution in [0.2, 0.25) is 0 Å². The molecule has 0 radical (unpaired) electrons. The summed E-state index contributed by atoms with van der Waals surface area (Å²) in [7, 11) is 0. The molecular formula is C10H13BrF2. The highest BCUT2D eigenvalue weighted by atomic mass is 79.9. The van der Waals surface area contributed by atoms with E-state index in [0.29, 0.717) is 4.47 Å². The molecule has 13 heavy (non-hydrogen) atoms. The van der Waals surface area contributed by atoms with Gasteiger partial charge in [-0.25, -0.2) is 8.78 Å². The van der Waals surface area contributed by atoms with Crippen LogP contribution in [0.1, 0.15) is 31.4 Å². The molecule has 0 saturated carbocycles. The van der Waals surface area contributed by atoms with Gasteiger partial charge >= 0.3 is 0 Å². The minimum Gasteiger partial charge on any atom is -0.205 e. The molecule has 1 rings (SSSR count). The fourth-order valence-corrected chi connectivity index (χ4v) is 1.52. The lowest BCUT2D eigenvalue weighted by atomic mass is 10.1. The summed E-state index contributed by atoms with van der Waals surface area (Å²) >= 11 is 3.15. The average molecular weight is 251 g/mol. The predicted molar refractivity (Wildman–Crippen MR) is 55.2 cm³/mol. The van der Waals surface area contributed by atoms with E-state index in [-0.39, 0.29) is 5.56 Å². The van der Waals surface area contributed by atoms with Crippen LogP contribution in [0.5, 0.6) is 0 Å². The zero-order valence-corrected chi connectivity index (χ0v) is 9.53. The Morgan fingerprint density at radius 3 is 2.08 bits per heavy atom. The van der Waals surface area contributed by atoms with Gasteiger partial charge in [-0.1, -0.05) is 35.8 Å². The largest absolute Gasteiger partial charge is 0.263 e. The van der Waals surface area contributed by atoms with Crippen LogP contribution in [0, 0.1) is 6.92 Å². The van der Waals surface area contributed by atoms with Gasteiger partial charge in [-0.3, -0.25) is 0 Å². The summed E-state index contributed by atoms with van der Waals surface area (Å²) in [4.78, 5) is 0. The van der Waals surface area contributed by atoms with Crippen molar-refractivity contribution in [1.29, 1.82) is 0 Å². The van der Waals surface area contributed by atoms with E-state index in [1.807, 2.05) is 13.8 Å². The summed E-state index contributed by atoms with van der Waals surface area (Å²) in [6.07, 6.45) is -2.38. The van der Waals surface area contributed by atoms with Gasteiger partial charge in [-0.2, -0.15) is 0 Å². The molecule has 1 aromatic carbocycles. The first kappa shape index (κ1) is 12.6. The minimum atomic E-state index is -2.38. The first-order valence-corrected chi connectivity index (χ1v) is 4.94. The molecule has 3 heteroatoms. The van der Waals surface area contributed by atoms with Crippen molar-refractivity contribution in [3.8, 4) is 0 Å². The van der Waals surface area contributed by atoms with E-state index < -0.39 is 6.43 Å². The molecule has 74 valence electrons. The highest BCUT2D eigenvalue weighted by Crippen LogP contribution is 2.23. The van der Waals surface area contributed by atoms with Crippen LogP contribution in [-0.4, -0.2) is 0 Å². The summed E-state index contributed by atoms with van der Waals surface area (Å²) in [5.74, 6) is 0. The molecule has 0 amide bonds. The molecule has 0 N–H and O–H groups in total. The SMILES string of the molecule is CC.Cc1cc(Br)cc(C(F)F)c1. The Bertz CT molecular complexity index is 239. The standard InChI is InChI=1S/C8H7BrF2.C2H6/c1-5-2-6(8(10)11)4-7(9)3-5;1-2/h2-4,8H,1H3;1-2H3. The number of halogens is 3. The Kier molecular flexibility index (Phi) is 5.88. The molecule has 0 fully saturated rings. The monoisotopic (exact) mass is 250 g/mol. The lowest BCUT2D eigenvalue weighted by Crippen LogP contribution is -1.84. The Labute approximate surface area is 86.1 Å². The summed E-state index contributed by atoms with van der Waals surface area (Å²) in [5.41, 5.74) is 0.909. The Hall–Kier alpha value is -0.440. The number of alkyl halides is 2. The quantitative estimate of drug-likeness (QED) is 0.677. The van der Waals surface area contributed by atoms with E-state index >= 15 is 0 Å². The molecule has 0 aliphatic rings. The van der Waals surface area contributed by atoms with E-state index in [2.05, 4.69) is 15.9 Å². The molecule has 0 aromatic heterocycles. The topological polar surface area (TPSA) is 0 Å². The van der Waals surface area contributed by atoms with Gasteiger partial charge in [-0.05, 0) is 24.6 Å². The van der Waals surface area contributed by atoms with Gasteiger partial charge < -0.3 is 0 Å². The molecule has 0 unspecified atom stereocenters. The highest BCUT2D eigenvalue weighted by molar-refractivity contribution is 9.10. The Balaban J connectivity index is 0.000000671. The third-order valence-corrected chi connectivity index (χ3v) is 1.77. The number of hydrogen-bond donors (Lipinski definition) is 0. The maximum absolute atomic E-state index is 12.1. The summed E-state index contributed by atoms with van der Waals surface area (Å²) in [6.45, 7) is 5.79. The molecule has 0 nitrogen and oxygen atoms in total. The van der Waals surface area contributed by atoms with Crippen molar-refractivity contribution in [2.75, 3.05) is 0 Å². The molecule has 0 saturated heterocycles. The van der Waals surface area contributed by atoms with Gasteiger partial charge in [0.1, 0.15) is 0 Å². The molecule has 1 aromatic rings. The number of benzene rings is 1. The minimum absolute atomic E-state index is 0.0666. The first-order valence-electron chi connectivity index (χ1n) is 4.15. The molecule has 0 atom stereocenters. The number of rotatable bonds is 1. The second-order valence-electron chi connectivity index (χ2n) is 2.36. The van der Waals surface area contributed by atoms with Gasteiger partial charge in [0, 0.05) is 10.0 Å². The van der Waals surface area contributed by atoms with Crippen molar-refractivity contribution in [3.05, 3.63) is 33.8 Å². The van der Waals surface area contributed by atoms with Crippen molar-refractivity contribution >= 4 is 15.9 Å². The van der Waals surface area contributed by atoms with E-state index in [1.54, 1.807) is 13.0 Å². The van der Waals surface area contributed by atoms with Crippen molar-refractivity contribution in [1.82, 2.24) is 0 Å². The number of hydrogen-bond acceptors (Lipinski definition) is 0. The van der Waals surface area contributed by atoms with Gasteiger partial charge in [-0.15, -0.1) is 0 Å². The van der Waals surface area contributed by atoms with Crippen LogP contribution in [0.25, 0.3) is 0 Å². The first-order chi connectivity index (χ1) is 6.09. The third-order valence-electron chi connectivity index (χ3n) is 1.32. The lowest BCUT2D eigenvalue weighted by Gasteiger charge is -2.01. The van der Waals surface area contributed by atoms with Crippen molar-refractivity contribution in [2.24, 2.45) is 0 Å². The lowest BCUT2D eigenvalue weighted by molar-refractivity contribution is 0.151. The maximum Gasteiger partial charge on any atom is 0.263 e. The summed E-state index contributed by atoms with van der Waals surface area (Å²) in [5, 5.41) is 0. The normalized spacial score (nSPS) is 9.46. The zero-order valence-electron chi connectivity index (χ0n) is 7.94. The van der Waals surface area contributed by atoms with Crippen molar-refractivity contribution < 1.29 is 8.78 Å². The maximum atomic E-state index is 12.1. The van der Waals surface area contributed by atoms with Crippen LogP contribution < -0.4 is 0 Å². The van der Waals surface area contributed by atoms with Crippen molar-refractivity contribution in [3.63, 3.8) is 0 Å². The number of aryl methyl sites for hydroxylation is 1. The molecule has 0 aliphatic heterocycles.